The Hall–Kier alpha value is -3.04. The molecule has 0 aliphatic carbocycles. The van der Waals surface area contributed by atoms with Gasteiger partial charge in [-0.05, 0) is 42.0 Å². The lowest BCUT2D eigenvalue weighted by Gasteiger charge is -2.08. The van der Waals surface area contributed by atoms with E-state index in [1.54, 1.807) is 38.5 Å². The molecule has 7 nitrogen and oxygen atoms in total. The van der Waals surface area contributed by atoms with Gasteiger partial charge in [0.25, 0.3) is 5.56 Å². The number of nitrogens with zero attached hydrogens (tertiary/aromatic N) is 3. The number of H-pyrrole nitrogens is 1. The average molecular weight is 447 g/mol. The number of methoxy groups -OCH3 is 2. The molecule has 0 fully saturated rings. The molecule has 0 aliphatic heterocycles. The summed E-state index contributed by atoms with van der Waals surface area (Å²) >= 11 is 7.42. The highest BCUT2D eigenvalue weighted by atomic mass is 35.5. The van der Waals surface area contributed by atoms with E-state index < -0.39 is 5.82 Å². The van der Waals surface area contributed by atoms with E-state index in [4.69, 9.17) is 21.1 Å². The summed E-state index contributed by atoms with van der Waals surface area (Å²) in [5.74, 6) is 1.18. The second kappa shape index (κ2) is 8.37. The van der Waals surface area contributed by atoms with Gasteiger partial charge in [0.1, 0.15) is 11.3 Å². The van der Waals surface area contributed by atoms with Gasteiger partial charge in [0.2, 0.25) is 5.16 Å². The summed E-state index contributed by atoms with van der Waals surface area (Å²) in [7, 11) is 3.11. The Morgan fingerprint density at radius 1 is 1.13 bits per heavy atom. The maximum atomic E-state index is 13.3. The molecule has 30 heavy (non-hydrogen) atoms. The van der Waals surface area contributed by atoms with Gasteiger partial charge in [-0.2, -0.15) is 5.10 Å². The summed E-state index contributed by atoms with van der Waals surface area (Å²) in [6, 6.07) is 11.3. The Bertz CT molecular complexity index is 1290. The predicted octanol–water partition coefficient (Wildman–Crippen LogP) is 4.19. The summed E-state index contributed by atoms with van der Waals surface area (Å²) < 4.78 is 25.3. The number of rotatable bonds is 6. The van der Waals surface area contributed by atoms with E-state index >= 15 is 0 Å². The summed E-state index contributed by atoms with van der Waals surface area (Å²) in [4.78, 5) is 12.3. The van der Waals surface area contributed by atoms with Gasteiger partial charge < -0.3 is 9.47 Å². The summed E-state index contributed by atoms with van der Waals surface area (Å²) in [6.07, 6.45) is 0. The number of benzene rings is 2. The van der Waals surface area contributed by atoms with Gasteiger partial charge in [-0.15, -0.1) is 5.10 Å². The fraction of sp³-hybridized carbons (Fsp3) is 0.150. The Labute approximate surface area is 179 Å². The third-order valence-electron chi connectivity index (χ3n) is 4.43. The summed E-state index contributed by atoms with van der Waals surface area (Å²) in [6.45, 7) is 0. The first-order valence-electron chi connectivity index (χ1n) is 8.77. The van der Waals surface area contributed by atoms with Crippen LogP contribution >= 0.6 is 23.4 Å². The first-order valence-corrected chi connectivity index (χ1v) is 10.1. The third kappa shape index (κ3) is 3.86. The second-order valence-electron chi connectivity index (χ2n) is 6.26. The molecule has 10 heteroatoms. The lowest BCUT2D eigenvalue weighted by Crippen LogP contribution is -2.13. The molecule has 0 saturated heterocycles. The van der Waals surface area contributed by atoms with E-state index in [1.165, 1.54) is 28.4 Å². The minimum Gasteiger partial charge on any atom is -0.493 e. The molecule has 0 aliphatic rings. The monoisotopic (exact) mass is 446 g/mol. The van der Waals surface area contributed by atoms with Gasteiger partial charge in [-0.3, -0.25) is 4.79 Å². The molecule has 4 rings (SSSR count). The van der Waals surface area contributed by atoms with E-state index in [2.05, 4.69) is 15.3 Å². The number of aromatic amines is 1. The molecule has 0 bridgehead atoms. The van der Waals surface area contributed by atoms with Crippen molar-refractivity contribution in [3.05, 3.63) is 69.2 Å². The van der Waals surface area contributed by atoms with Crippen LogP contribution in [0.1, 0.15) is 5.56 Å². The SMILES string of the molecule is COc1ccc(-c2cc3c(=O)[nH]nc(SCc4ccc(F)cc4Cl)n3n2)cc1OC. The van der Waals surface area contributed by atoms with Crippen LogP contribution in [-0.2, 0) is 5.75 Å². The van der Waals surface area contributed by atoms with Crippen molar-refractivity contribution in [2.75, 3.05) is 14.2 Å². The number of aromatic nitrogens is 4. The van der Waals surface area contributed by atoms with Crippen LogP contribution in [-0.4, -0.2) is 34.0 Å². The molecule has 0 saturated carbocycles. The first-order chi connectivity index (χ1) is 14.5. The van der Waals surface area contributed by atoms with Crippen LogP contribution < -0.4 is 15.0 Å². The van der Waals surface area contributed by atoms with E-state index in [0.29, 0.717) is 38.6 Å². The minimum atomic E-state index is -0.398. The van der Waals surface area contributed by atoms with Gasteiger partial charge in [0.15, 0.2) is 11.5 Å². The Morgan fingerprint density at radius 3 is 2.67 bits per heavy atom. The van der Waals surface area contributed by atoms with Crippen molar-refractivity contribution in [1.82, 2.24) is 19.8 Å². The molecule has 0 atom stereocenters. The van der Waals surface area contributed by atoms with E-state index in [-0.39, 0.29) is 5.56 Å². The predicted molar refractivity (Wildman–Crippen MR) is 113 cm³/mol. The fourth-order valence-corrected chi connectivity index (χ4v) is 4.12. The molecule has 0 radical (unpaired) electrons. The largest absolute Gasteiger partial charge is 0.493 e. The first kappa shape index (κ1) is 20.2. The van der Waals surface area contributed by atoms with Crippen molar-refractivity contribution >= 4 is 28.9 Å². The van der Waals surface area contributed by atoms with Gasteiger partial charge in [-0.25, -0.2) is 14.0 Å². The Kier molecular flexibility index (Phi) is 5.65. The van der Waals surface area contributed by atoms with Crippen molar-refractivity contribution in [3.63, 3.8) is 0 Å². The molecule has 0 spiro atoms. The second-order valence-corrected chi connectivity index (χ2v) is 7.61. The molecular weight excluding hydrogens is 431 g/mol. The van der Waals surface area contributed by atoms with Gasteiger partial charge >= 0.3 is 0 Å². The highest BCUT2D eigenvalue weighted by Gasteiger charge is 2.15. The quantitative estimate of drug-likeness (QED) is 0.447. The van der Waals surface area contributed by atoms with Crippen molar-refractivity contribution in [2.24, 2.45) is 0 Å². The zero-order chi connectivity index (χ0) is 21.3. The number of halogens is 2. The smallest absolute Gasteiger partial charge is 0.290 e. The van der Waals surface area contributed by atoms with Crippen LogP contribution in [0.2, 0.25) is 5.02 Å². The maximum absolute atomic E-state index is 13.3. The molecule has 1 N–H and O–H groups in total. The zero-order valence-electron chi connectivity index (χ0n) is 16.0. The number of ether oxygens (including phenoxy) is 2. The summed E-state index contributed by atoms with van der Waals surface area (Å²) in [5.41, 5.74) is 2.07. The molecule has 2 aromatic heterocycles. The standard InChI is InChI=1S/C20H16ClFN4O3S/c1-28-17-6-4-11(7-18(17)29-2)15-9-16-19(27)23-24-20(26(16)25-15)30-10-12-3-5-13(22)8-14(12)21/h3-9H,10H2,1-2H3,(H,23,27). The van der Waals surface area contributed by atoms with Crippen LogP contribution in [0.15, 0.2) is 52.4 Å². The van der Waals surface area contributed by atoms with E-state index in [9.17, 15) is 9.18 Å². The van der Waals surface area contributed by atoms with Gasteiger partial charge in [0.05, 0.1) is 19.9 Å². The molecule has 2 aromatic carbocycles. The van der Waals surface area contributed by atoms with Crippen LogP contribution in [0.5, 0.6) is 11.5 Å². The molecule has 0 amide bonds. The topological polar surface area (TPSA) is 81.5 Å². The van der Waals surface area contributed by atoms with Crippen LogP contribution in [0.25, 0.3) is 16.8 Å². The summed E-state index contributed by atoms with van der Waals surface area (Å²) in [5, 5.41) is 11.9. The number of fused-ring (bicyclic) bond motifs is 1. The van der Waals surface area contributed by atoms with E-state index in [0.717, 1.165) is 11.1 Å². The van der Waals surface area contributed by atoms with Crippen molar-refractivity contribution < 1.29 is 13.9 Å². The normalized spacial score (nSPS) is 11.1. The lowest BCUT2D eigenvalue weighted by molar-refractivity contribution is 0.355. The van der Waals surface area contributed by atoms with Crippen molar-refractivity contribution in [2.45, 2.75) is 10.9 Å². The van der Waals surface area contributed by atoms with Crippen LogP contribution in [0.3, 0.4) is 0 Å². The lowest BCUT2D eigenvalue weighted by atomic mass is 10.1. The van der Waals surface area contributed by atoms with Gasteiger partial charge in [0, 0.05) is 16.3 Å². The molecule has 4 aromatic rings. The Morgan fingerprint density at radius 2 is 1.93 bits per heavy atom. The van der Waals surface area contributed by atoms with Crippen molar-refractivity contribution in [3.8, 4) is 22.8 Å². The number of hydrogen-bond donors (Lipinski definition) is 1. The minimum absolute atomic E-state index is 0.328. The molecule has 2 heterocycles. The average Bonchev–Trinajstić information content (AvgIpc) is 3.20. The number of hydrogen-bond acceptors (Lipinski definition) is 6. The van der Waals surface area contributed by atoms with Crippen molar-refractivity contribution in [1.29, 1.82) is 0 Å². The highest BCUT2D eigenvalue weighted by molar-refractivity contribution is 7.98. The molecule has 0 unspecified atom stereocenters. The number of nitrogens with one attached hydrogen (secondary N) is 1. The number of thioether (sulfide) groups is 1. The highest BCUT2D eigenvalue weighted by Crippen LogP contribution is 2.32. The zero-order valence-corrected chi connectivity index (χ0v) is 17.6. The maximum Gasteiger partial charge on any atom is 0.290 e. The molecule has 154 valence electrons. The molecular formula is C20H16ClFN4O3S. The van der Waals surface area contributed by atoms with Crippen LogP contribution in [0, 0.1) is 5.82 Å². The fourth-order valence-electron chi connectivity index (χ4n) is 2.90. The van der Waals surface area contributed by atoms with Crippen LogP contribution in [0.4, 0.5) is 4.39 Å². The Balaban J connectivity index is 1.70. The third-order valence-corrected chi connectivity index (χ3v) is 5.76. The van der Waals surface area contributed by atoms with Gasteiger partial charge in [-0.1, -0.05) is 29.4 Å². The van der Waals surface area contributed by atoms with E-state index in [1.807, 2.05) is 6.07 Å².